The third-order valence-electron chi connectivity index (χ3n) is 3.98. The second kappa shape index (κ2) is 8.51. The van der Waals surface area contributed by atoms with Gasteiger partial charge < -0.3 is 5.32 Å². The van der Waals surface area contributed by atoms with E-state index < -0.39 is 11.8 Å². The van der Waals surface area contributed by atoms with Crippen molar-refractivity contribution in [1.82, 2.24) is 10.9 Å². The number of hydrazine groups is 1. The number of amides is 3. The highest BCUT2D eigenvalue weighted by Crippen LogP contribution is 2.30. The number of carbonyl (C=O) groups is 3. The molecular formula is C20H18ClN3O3. The van der Waals surface area contributed by atoms with Crippen molar-refractivity contribution in [3.8, 4) is 0 Å². The molecule has 1 aliphatic rings. The SMILES string of the molecule is O=C(/C=C/c1ccccc1Cl)NNC(=O)c1ccc(NC(=O)C2CC2)cc1. The molecule has 0 radical (unpaired) electrons. The van der Waals surface area contributed by atoms with Gasteiger partial charge in [-0.2, -0.15) is 0 Å². The smallest absolute Gasteiger partial charge is 0.269 e. The molecule has 0 heterocycles. The first-order valence-electron chi connectivity index (χ1n) is 8.47. The predicted molar refractivity (Wildman–Crippen MR) is 104 cm³/mol. The van der Waals surface area contributed by atoms with Gasteiger partial charge in [0.05, 0.1) is 0 Å². The third kappa shape index (κ3) is 5.43. The summed E-state index contributed by atoms with van der Waals surface area (Å²) >= 11 is 6.00. The molecule has 2 aromatic carbocycles. The Morgan fingerprint density at radius 1 is 0.963 bits per heavy atom. The van der Waals surface area contributed by atoms with Crippen LogP contribution in [0.4, 0.5) is 5.69 Å². The fourth-order valence-corrected chi connectivity index (χ4v) is 2.50. The van der Waals surface area contributed by atoms with Crippen molar-refractivity contribution in [3.05, 3.63) is 70.8 Å². The van der Waals surface area contributed by atoms with Crippen LogP contribution in [0.15, 0.2) is 54.6 Å². The van der Waals surface area contributed by atoms with Gasteiger partial charge >= 0.3 is 0 Å². The van der Waals surface area contributed by atoms with Crippen LogP contribution in [0.3, 0.4) is 0 Å². The third-order valence-corrected chi connectivity index (χ3v) is 4.33. The predicted octanol–water partition coefficient (Wildman–Crippen LogP) is 3.16. The van der Waals surface area contributed by atoms with Crippen LogP contribution in [-0.2, 0) is 9.59 Å². The summed E-state index contributed by atoms with van der Waals surface area (Å²) in [5, 5.41) is 3.32. The quantitative estimate of drug-likeness (QED) is 0.547. The summed E-state index contributed by atoms with van der Waals surface area (Å²) in [4.78, 5) is 35.6. The van der Waals surface area contributed by atoms with Crippen LogP contribution < -0.4 is 16.2 Å². The number of hydrogen-bond donors (Lipinski definition) is 3. The lowest BCUT2D eigenvalue weighted by molar-refractivity contribution is -0.118. The topological polar surface area (TPSA) is 87.3 Å². The Morgan fingerprint density at radius 3 is 2.33 bits per heavy atom. The number of halogens is 1. The first-order valence-corrected chi connectivity index (χ1v) is 8.84. The average molecular weight is 384 g/mol. The van der Waals surface area contributed by atoms with Gasteiger partial charge in [0.15, 0.2) is 0 Å². The van der Waals surface area contributed by atoms with Gasteiger partial charge in [-0.3, -0.25) is 25.2 Å². The molecule has 0 aromatic heterocycles. The Kier molecular flexibility index (Phi) is 5.88. The van der Waals surface area contributed by atoms with Crippen molar-refractivity contribution in [3.63, 3.8) is 0 Å². The Labute approximate surface area is 161 Å². The van der Waals surface area contributed by atoms with Gasteiger partial charge in [-0.05, 0) is 54.8 Å². The monoisotopic (exact) mass is 383 g/mol. The zero-order valence-electron chi connectivity index (χ0n) is 14.4. The summed E-state index contributed by atoms with van der Waals surface area (Å²) in [5.41, 5.74) is 6.32. The van der Waals surface area contributed by atoms with Gasteiger partial charge in [0.2, 0.25) is 5.91 Å². The van der Waals surface area contributed by atoms with Crippen LogP contribution >= 0.6 is 11.6 Å². The van der Waals surface area contributed by atoms with Crippen LogP contribution in [0.1, 0.15) is 28.8 Å². The van der Waals surface area contributed by atoms with Crippen molar-refractivity contribution in [1.29, 1.82) is 0 Å². The Morgan fingerprint density at radius 2 is 1.67 bits per heavy atom. The Bertz CT molecular complexity index is 890. The molecule has 27 heavy (non-hydrogen) atoms. The van der Waals surface area contributed by atoms with Crippen molar-refractivity contribution in [2.24, 2.45) is 5.92 Å². The maximum atomic E-state index is 12.1. The summed E-state index contributed by atoms with van der Waals surface area (Å²) in [7, 11) is 0. The highest BCUT2D eigenvalue weighted by molar-refractivity contribution is 6.32. The maximum absolute atomic E-state index is 12.1. The van der Waals surface area contributed by atoms with Gasteiger partial charge in [-0.25, -0.2) is 0 Å². The largest absolute Gasteiger partial charge is 0.326 e. The van der Waals surface area contributed by atoms with Gasteiger partial charge in [0.1, 0.15) is 0 Å². The lowest BCUT2D eigenvalue weighted by atomic mass is 10.2. The molecule has 3 N–H and O–H groups in total. The number of nitrogens with one attached hydrogen (secondary N) is 3. The zero-order chi connectivity index (χ0) is 19.2. The lowest BCUT2D eigenvalue weighted by Crippen LogP contribution is -2.40. The molecule has 7 heteroatoms. The molecule has 0 aliphatic heterocycles. The molecule has 0 saturated heterocycles. The minimum absolute atomic E-state index is 0.00442. The summed E-state index contributed by atoms with van der Waals surface area (Å²) in [5.74, 6) is -0.835. The molecule has 3 rings (SSSR count). The van der Waals surface area contributed by atoms with Crippen LogP contribution in [0, 0.1) is 5.92 Å². The second-order valence-corrected chi connectivity index (χ2v) is 6.55. The standard InChI is InChI=1S/C20H18ClN3O3/c21-17-4-2-1-3-13(17)9-12-18(25)23-24-20(27)15-7-10-16(11-8-15)22-19(26)14-5-6-14/h1-4,7-12,14H,5-6H2,(H,22,26)(H,23,25)(H,24,27)/b12-9+. The average Bonchev–Trinajstić information content (AvgIpc) is 3.51. The van der Waals surface area contributed by atoms with E-state index in [1.807, 2.05) is 6.07 Å². The number of carbonyl (C=O) groups excluding carboxylic acids is 3. The molecule has 3 amide bonds. The first-order chi connectivity index (χ1) is 13.0. The summed E-state index contributed by atoms with van der Waals surface area (Å²) < 4.78 is 0. The highest BCUT2D eigenvalue weighted by Gasteiger charge is 2.29. The molecular weight excluding hydrogens is 366 g/mol. The summed E-state index contributed by atoms with van der Waals surface area (Å²) in [6.45, 7) is 0. The number of anilines is 1. The van der Waals surface area contributed by atoms with E-state index in [4.69, 9.17) is 11.6 Å². The number of rotatable bonds is 5. The van der Waals surface area contributed by atoms with Gasteiger partial charge in [0, 0.05) is 28.3 Å². The van der Waals surface area contributed by atoms with Crippen molar-refractivity contribution >= 4 is 41.1 Å². The van der Waals surface area contributed by atoms with Gasteiger partial charge in [-0.1, -0.05) is 29.8 Å². The van der Waals surface area contributed by atoms with Crippen molar-refractivity contribution in [2.45, 2.75) is 12.8 Å². The van der Waals surface area contributed by atoms with E-state index in [0.29, 0.717) is 21.8 Å². The van der Waals surface area contributed by atoms with E-state index in [-0.39, 0.29) is 11.8 Å². The molecule has 1 fully saturated rings. The molecule has 6 nitrogen and oxygen atoms in total. The first kappa shape index (κ1) is 18.7. The number of benzene rings is 2. The molecule has 0 spiro atoms. The lowest BCUT2D eigenvalue weighted by Gasteiger charge is -2.07. The molecule has 1 saturated carbocycles. The van der Waals surface area contributed by atoms with Crippen LogP contribution in [-0.4, -0.2) is 17.7 Å². The summed E-state index contributed by atoms with van der Waals surface area (Å²) in [6, 6.07) is 13.5. The molecule has 1 aliphatic carbocycles. The van der Waals surface area contributed by atoms with Crippen LogP contribution in [0.25, 0.3) is 6.08 Å². The van der Waals surface area contributed by atoms with Crippen molar-refractivity contribution in [2.75, 3.05) is 5.32 Å². The molecule has 2 aromatic rings. The Balaban J connectivity index is 1.49. The van der Waals surface area contributed by atoms with E-state index in [2.05, 4.69) is 16.2 Å². The van der Waals surface area contributed by atoms with Gasteiger partial charge in [0.25, 0.3) is 11.8 Å². The van der Waals surface area contributed by atoms with E-state index >= 15 is 0 Å². The molecule has 138 valence electrons. The van der Waals surface area contributed by atoms with E-state index in [1.165, 1.54) is 6.08 Å². The molecule has 0 bridgehead atoms. The van der Waals surface area contributed by atoms with E-state index in [0.717, 1.165) is 12.8 Å². The molecule has 0 unspecified atom stereocenters. The fourth-order valence-electron chi connectivity index (χ4n) is 2.30. The minimum atomic E-state index is -0.489. The summed E-state index contributed by atoms with van der Waals surface area (Å²) in [6.07, 6.45) is 4.69. The number of hydrogen-bond acceptors (Lipinski definition) is 3. The fraction of sp³-hybridized carbons (Fsp3) is 0.150. The second-order valence-electron chi connectivity index (χ2n) is 6.14. The molecule has 0 atom stereocenters. The van der Waals surface area contributed by atoms with Crippen molar-refractivity contribution < 1.29 is 14.4 Å². The maximum Gasteiger partial charge on any atom is 0.269 e. The van der Waals surface area contributed by atoms with E-state index in [1.54, 1.807) is 48.5 Å². The van der Waals surface area contributed by atoms with E-state index in [9.17, 15) is 14.4 Å². The van der Waals surface area contributed by atoms with Crippen LogP contribution in [0.2, 0.25) is 5.02 Å². The minimum Gasteiger partial charge on any atom is -0.326 e. The zero-order valence-corrected chi connectivity index (χ0v) is 15.1. The van der Waals surface area contributed by atoms with Gasteiger partial charge in [-0.15, -0.1) is 0 Å². The normalized spacial score (nSPS) is 13.2. The Hall–Kier alpha value is -3.12. The van der Waals surface area contributed by atoms with Crippen LogP contribution in [0.5, 0.6) is 0 Å². The highest BCUT2D eigenvalue weighted by atomic mass is 35.5.